The summed E-state index contributed by atoms with van der Waals surface area (Å²) in [6.45, 7) is 1.96. The highest BCUT2D eigenvalue weighted by Gasteiger charge is 2.15. The van der Waals surface area contributed by atoms with Crippen LogP contribution in [-0.4, -0.2) is 19.2 Å². The summed E-state index contributed by atoms with van der Waals surface area (Å²) in [5.41, 5.74) is 5.76. The molecule has 5 heteroatoms. The fraction of sp³-hybridized carbons (Fsp3) is 0.125. The van der Waals surface area contributed by atoms with Crippen molar-refractivity contribution in [3.05, 3.63) is 76.4 Å². The Hall–Kier alpha value is -2.75. The predicted octanol–water partition coefficient (Wildman–Crippen LogP) is 7.20. The van der Waals surface area contributed by atoms with Crippen molar-refractivity contribution in [1.82, 2.24) is 4.98 Å². The summed E-state index contributed by atoms with van der Waals surface area (Å²) < 4.78 is 10.5. The molecule has 0 aliphatic rings. The second-order valence-electron chi connectivity index (χ2n) is 6.70. The zero-order valence-electron chi connectivity index (χ0n) is 16.3. The van der Waals surface area contributed by atoms with Gasteiger partial charge in [0.15, 0.2) is 0 Å². The molecule has 3 nitrogen and oxygen atoms in total. The van der Waals surface area contributed by atoms with Crippen LogP contribution in [0.2, 0.25) is 10.0 Å². The van der Waals surface area contributed by atoms with E-state index in [0.29, 0.717) is 15.8 Å². The van der Waals surface area contributed by atoms with Crippen LogP contribution in [0.15, 0.2) is 60.7 Å². The summed E-state index contributed by atoms with van der Waals surface area (Å²) in [5, 5.41) is 1.94. The molecule has 4 rings (SSSR count). The first-order valence-electron chi connectivity index (χ1n) is 9.10. The van der Waals surface area contributed by atoms with E-state index in [9.17, 15) is 0 Å². The standard InChI is InChI=1S/C24H19Cl2NO2/c1-14-23(24(26)19-12-20(25)22(29-3)13-21(19)27-14)17-6-4-15(5-7-17)16-8-10-18(28-2)11-9-16/h4-13H,1-3H3. The molecule has 0 saturated heterocycles. The van der Waals surface area contributed by atoms with Gasteiger partial charge in [0.2, 0.25) is 0 Å². The van der Waals surface area contributed by atoms with Crippen molar-refractivity contribution in [2.24, 2.45) is 0 Å². The van der Waals surface area contributed by atoms with Gasteiger partial charge >= 0.3 is 0 Å². The summed E-state index contributed by atoms with van der Waals surface area (Å²) in [6.07, 6.45) is 0. The van der Waals surface area contributed by atoms with Crippen LogP contribution in [0.3, 0.4) is 0 Å². The minimum Gasteiger partial charge on any atom is -0.497 e. The Morgan fingerprint density at radius 3 is 1.93 bits per heavy atom. The van der Waals surface area contributed by atoms with Crippen LogP contribution in [0.5, 0.6) is 11.5 Å². The average molecular weight is 424 g/mol. The van der Waals surface area contributed by atoms with E-state index < -0.39 is 0 Å². The lowest BCUT2D eigenvalue weighted by molar-refractivity contribution is 0.415. The normalized spacial score (nSPS) is 10.9. The lowest BCUT2D eigenvalue weighted by Gasteiger charge is -2.13. The fourth-order valence-electron chi connectivity index (χ4n) is 3.45. The van der Waals surface area contributed by atoms with Gasteiger partial charge in [-0.15, -0.1) is 0 Å². The molecule has 3 aromatic carbocycles. The van der Waals surface area contributed by atoms with Gasteiger partial charge in [-0.2, -0.15) is 0 Å². The van der Waals surface area contributed by atoms with Crippen molar-refractivity contribution in [1.29, 1.82) is 0 Å². The number of hydrogen-bond acceptors (Lipinski definition) is 3. The van der Waals surface area contributed by atoms with Gasteiger partial charge in [-0.3, -0.25) is 4.98 Å². The number of halogens is 2. The zero-order chi connectivity index (χ0) is 20.5. The van der Waals surface area contributed by atoms with Gasteiger partial charge in [0.05, 0.1) is 29.8 Å². The number of aromatic nitrogens is 1. The molecule has 0 amide bonds. The molecule has 0 bridgehead atoms. The van der Waals surface area contributed by atoms with E-state index in [4.69, 9.17) is 37.7 Å². The number of pyridine rings is 1. The Morgan fingerprint density at radius 2 is 1.34 bits per heavy atom. The molecule has 0 aliphatic carbocycles. The van der Waals surface area contributed by atoms with Crippen molar-refractivity contribution in [3.8, 4) is 33.8 Å². The van der Waals surface area contributed by atoms with Gasteiger partial charge in [0.1, 0.15) is 11.5 Å². The zero-order valence-corrected chi connectivity index (χ0v) is 17.8. The van der Waals surface area contributed by atoms with Crippen molar-refractivity contribution in [2.75, 3.05) is 14.2 Å². The Kier molecular flexibility index (Phi) is 5.35. The van der Waals surface area contributed by atoms with Crippen LogP contribution in [0.4, 0.5) is 0 Å². The third-order valence-corrected chi connectivity index (χ3v) is 5.66. The largest absolute Gasteiger partial charge is 0.497 e. The summed E-state index contributed by atoms with van der Waals surface area (Å²) >= 11 is 13.1. The second kappa shape index (κ2) is 7.94. The maximum Gasteiger partial charge on any atom is 0.139 e. The Bertz CT molecular complexity index is 1190. The lowest BCUT2D eigenvalue weighted by atomic mass is 9.98. The predicted molar refractivity (Wildman–Crippen MR) is 120 cm³/mol. The minimum absolute atomic E-state index is 0.508. The highest BCUT2D eigenvalue weighted by molar-refractivity contribution is 6.39. The minimum atomic E-state index is 0.508. The van der Waals surface area contributed by atoms with Crippen molar-refractivity contribution >= 4 is 34.1 Å². The van der Waals surface area contributed by atoms with Crippen LogP contribution in [0, 0.1) is 6.92 Å². The van der Waals surface area contributed by atoms with Gasteiger partial charge < -0.3 is 9.47 Å². The quantitative estimate of drug-likeness (QED) is 0.347. The number of ether oxygens (including phenoxy) is 2. The van der Waals surface area contributed by atoms with Gasteiger partial charge in [0.25, 0.3) is 0 Å². The molecule has 0 N–H and O–H groups in total. The third kappa shape index (κ3) is 3.64. The Morgan fingerprint density at radius 1 is 0.759 bits per heavy atom. The third-order valence-electron chi connectivity index (χ3n) is 4.97. The molecule has 0 radical (unpaired) electrons. The molecule has 29 heavy (non-hydrogen) atoms. The summed E-state index contributed by atoms with van der Waals surface area (Å²) in [4.78, 5) is 4.73. The summed E-state index contributed by atoms with van der Waals surface area (Å²) in [7, 11) is 3.25. The molecule has 0 unspecified atom stereocenters. The maximum atomic E-state index is 6.79. The summed E-state index contributed by atoms with van der Waals surface area (Å²) in [5.74, 6) is 1.42. The monoisotopic (exact) mass is 423 g/mol. The molecule has 0 saturated carbocycles. The van der Waals surface area contributed by atoms with Crippen LogP contribution < -0.4 is 9.47 Å². The number of aryl methyl sites for hydroxylation is 1. The Labute approximate surface area is 179 Å². The van der Waals surface area contributed by atoms with E-state index >= 15 is 0 Å². The number of hydrogen-bond donors (Lipinski definition) is 0. The number of fused-ring (bicyclic) bond motifs is 1. The highest BCUT2D eigenvalue weighted by atomic mass is 35.5. The SMILES string of the molecule is COc1ccc(-c2ccc(-c3c(C)nc4cc(OC)c(Cl)cc4c3Cl)cc2)cc1. The smallest absolute Gasteiger partial charge is 0.139 e. The molecule has 0 atom stereocenters. The second-order valence-corrected chi connectivity index (χ2v) is 7.48. The van der Waals surface area contributed by atoms with Gasteiger partial charge in [0, 0.05) is 22.7 Å². The number of rotatable bonds is 4. The topological polar surface area (TPSA) is 31.4 Å². The summed E-state index contributed by atoms with van der Waals surface area (Å²) in [6, 6.07) is 19.9. The number of benzene rings is 3. The van der Waals surface area contributed by atoms with Gasteiger partial charge in [-0.25, -0.2) is 0 Å². The maximum absolute atomic E-state index is 6.79. The lowest BCUT2D eigenvalue weighted by Crippen LogP contribution is -1.94. The van der Waals surface area contributed by atoms with Gasteiger partial charge in [-0.1, -0.05) is 59.6 Å². The molecule has 146 valence electrons. The van der Waals surface area contributed by atoms with Crippen LogP contribution >= 0.6 is 23.2 Å². The van der Waals surface area contributed by atoms with Crippen molar-refractivity contribution in [3.63, 3.8) is 0 Å². The van der Waals surface area contributed by atoms with E-state index in [1.165, 1.54) is 0 Å². The fourth-order valence-corrected chi connectivity index (χ4v) is 4.08. The van der Waals surface area contributed by atoms with Crippen LogP contribution in [0.1, 0.15) is 5.69 Å². The van der Waals surface area contributed by atoms with E-state index in [1.54, 1.807) is 20.3 Å². The number of nitrogens with zero attached hydrogens (tertiary/aromatic N) is 1. The van der Waals surface area contributed by atoms with E-state index in [1.807, 2.05) is 37.3 Å². The molecule has 1 heterocycles. The van der Waals surface area contributed by atoms with E-state index in [0.717, 1.165) is 44.6 Å². The molecule has 0 aliphatic heterocycles. The first kappa shape index (κ1) is 19.6. The molecule has 0 fully saturated rings. The van der Waals surface area contributed by atoms with Crippen LogP contribution in [-0.2, 0) is 0 Å². The number of methoxy groups -OCH3 is 2. The molecule has 4 aromatic rings. The molecule has 0 spiro atoms. The van der Waals surface area contributed by atoms with E-state index in [-0.39, 0.29) is 0 Å². The van der Waals surface area contributed by atoms with Crippen molar-refractivity contribution in [2.45, 2.75) is 6.92 Å². The van der Waals surface area contributed by atoms with Gasteiger partial charge in [-0.05, 0) is 41.8 Å². The van der Waals surface area contributed by atoms with Crippen molar-refractivity contribution < 1.29 is 9.47 Å². The first-order chi connectivity index (χ1) is 14.0. The van der Waals surface area contributed by atoms with Crippen LogP contribution in [0.25, 0.3) is 33.2 Å². The molecular weight excluding hydrogens is 405 g/mol. The first-order valence-corrected chi connectivity index (χ1v) is 9.85. The molecular formula is C24H19Cl2NO2. The molecule has 1 aromatic heterocycles. The average Bonchev–Trinajstić information content (AvgIpc) is 2.74. The Balaban J connectivity index is 1.77. The highest BCUT2D eigenvalue weighted by Crippen LogP contribution is 2.39. The van der Waals surface area contributed by atoms with E-state index in [2.05, 4.69) is 24.3 Å².